The van der Waals surface area contributed by atoms with Crippen LogP contribution in [0.3, 0.4) is 0 Å². The fourth-order valence-corrected chi connectivity index (χ4v) is 1.23. The van der Waals surface area contributed by atoms with Crippen molar-refractivity contribution in [2.45, 2.75) is 26.9 Å². The lowest BCUT2D eigenvalue weighted by Crippen LogP contribution is -2.19. The first kappa shape index (κ1) is 13.4. The number of aromatic carboxylic acids is 1. The summed E-state index contributed by atoms with van der Waals surface area (Å²) in [5.74, 6) is 0.404. The molecule has 0 heterocycles. The van der Waals surface area contributed by atoms with Crippen LogP contribution in [0, 0.1) is 5.92 Å². The van der Waals surface area contributed by atoms with Gasteiger partial charge in [-0.15, -0.1) is 0 Å². The molecule has 0 bridgehead atoms. The van der Waals surface area contributed by atoms with Crippen LogP contribution in [0.15, 0.2) is 18.2 Å². The highest BCUT2D eigenvalue weighted by atomic mass is 16.5. The van der Waals surface area contributed by atoms with E-state index < -0.39 is 5.97 Å². The summed E-state index contributed by atoms with van der Waals surface area (Å²) in [5.41, 5.74) is 0.186. The standard InChI is InChI=1S/C13H18O4/c1-8(2)9(3)17-11-6-5-10(13(14)15)7-12(11)16-4/h5-9H,1-4H3,(H,14,15). The maximum atomic E-state index is 10.8. The van der Waals surface area contributed by atoms with Crippen molar-refractivity contribution < 1.29 is 19.4 Å². The van der Waals surface area contributed by atoms with E-state index in [2.05, 4.69) is 13.8 Å². The van der Waals surface area contributed by atoms with Gasteiger partial charge in [-0.3, -0.25) is 0 Å². The summed E-state index contributed by atoms with van der Waals surface area (Å²) in [6.45, 7) is 6.08. The predicted octanol–water partition coefficient (Wildman–Crippen LogP) is 2.82. The van der Waals surface area contributed by atoms with Gasteiger partial charge in [-0.05, 0) is 31.0 Å². The summed E-state index contributed by atoms with van der Waals surface area (Å²) in [7, 11) is 1.49. The van der Waals surface area contributed by atoms with Gasteiger partial charge in [0.15, 0.2) is 11.5 Å². The molecule has 1 rings (SSSR count). The maximum Gasteiger partial charge on any atom is 0.335 e. The molecule has 0 aliphatic heterocycles. The molecule has 0 aliphatic rings. The number of carboxylic acids is 1. The van der Waals surface area contributed by atoms with Gasteiger partial charge in [0.25, 0.3) is 0 Å². The van der Waals surface area contributed by atoms with Crippen LogP contribution in [0.25, 0.3) is 0 Å². The fourth-order valence-electron chi connectivity index (χ4n) is 1.23. The number of ether oxygens (including phenoxy) is 2. The normalized spacial score (nSPS) is 12.3. The van der Waals surface area contributed by atoms with Gasteiger partial charge in [0.05, 0.1) is 18.8 Å². The number of rotatable bonds is 5. The highest BCUT2D eigenvalue weighted by molar-refractivity contribution is 5.88. The van der Waals surface area contributed by atoms with Gasteiger partial charge in [0.1, 0.15) is 0 Å². The number of carboxylic acid groups (broad SMARTS) is 1. The smallest absolute Gasteiger partial charge is 0.335 e. The molecule has 4 heteroatoms. The van der Waals surface area contributed by atoms with Crippen LogP contribution in [0.4, 0.5) is 0 Å². The number of hydrogen-bond donors (Lipinski definition) is 1. The summed E-state index contributed by atoms with van der Waals surface area (Å²) in [4.78, 5) is 10.8. The van der Waals surface area contributed by atoms with Crippen LogP contribution in [0.2, 0.25) is 0 Å². The van der Waals surface area contributed by atoms with E-state index in [1.165, 1.54) is 19.2 Å². The lowest BCUT2D eigenvalue weighted by atomic mass is 10.1. The van der Waals surface area contributed by atoms with E-state index in [0.717, 1.165) is 0 Å². The molecule has 1 unspecified atom stereocenters. The zero-order valence-corrected chi connectivity index (χ0v) is 10.6. The number of carbonyl (C=O) groups is 1. The molecule has 0 aromatic heterocycles. The Morgan fingerprint density at radius 3 is 2.35 bits per heavy atom. The first-order valence-corrected chi connectivity index (χ1v) is 5.53. The minimum absolute atomic E-state index is 0.0413. The molecule has 0 saturated carbocycles. The molecule has 17 heavy (non-hydrogen) atoms. The summed E-state index contributed by atoms with van der Waals surface area (Å²) in [5, 5.41) is 8.87. The van der Waals surface area contributed by atoms with Gasteiger partial charge in [-0.25, -0.2) is 4.79 Å². The summed E-state index contributed by atoms with van der Waals surface area (Å²) < 4.78 is 10.8. The molecule has 1 aromatic carbocycles. The van der Waals surface area contributed by atoms with Gasteiger partial charge >= 0.3 is 5.97 Å². The molecule has 0 fully saturated rings. The molecule has 0 amide bonds. The molecule has 1 atom stereocenters. The predicted molar refractivity (Wildman–Crippen MR) is 64.9 cm³/mol. The molecule has 0 saturated heterocycles. The molecule has 0 radical (unpaired) electrons. The Morgan fingerprint density at radius 2 is 1.88 bits per heavy atom. The Kier molecular flexibility index (Phi) is 4.37. The number of methoxy groups -OCH3 is 1. The molecule has 94 valence electrons. The van der Waals surface area contributed by atoms with E-state index in [4.69, 9.17) is 14.6 Å². The van der Waals surface area contributed by atoms with Crippen molar-refractivity contribution in [3.05, 3.63) is 23.8 Å². The maximum absolute atomic E-state index is 10.8. The van der Waals surface area contributed by atoms with Crippen LogP contribution in [-0.4, -0.2) is 24.3 Å². The minimum atomic E-state index is -0.980. The first-order chi connectivity index (χ1) is 7.95. The van der Waals surface area contributed by atoms with Crippen LogP contribution in [0.1, 0.15) is 31.1 Å². The summed E-state index contributed by atoms with van der Waals surface area (Å²) >= 11 is 0. The second-order valence-corrected chi connectivity index (χ2v) is 4.24. The van der Waals surface area contributed by atoms with Crippen molar-refractivity contribution in [2.24, 2.45) is 5.92 Å². The van der Waals surface area contributed by atoms with Crippen molar-refractivity contribution in [3.8, 4) is 11.5 Å². The van der Waals surface area contributed by atoms with Crippen LogP contribution in [-0.2, 0) is 0 Å². The number of hydrogen-bond acceptors (Lipinski definition) is 3. The molecule has 1 N–H and O–H groups in total. The van der Waals surface area contributed by atoms with Gasteiger partial charge < -0.3 is 14.6 Å². The molecule has 0 aliphatic carbocycles. The third-order valence-corrected chi connectivity index (χ3v) is 2.66. The Hall–Kier alpha value is -1.71. The van der Waals surface area contributed by atoms with Crippen molar-refractivity contribution in [2.75, 3.05) is 7.11 Å². The second kappa shape index (κ2) is 5.57. The Labute approximate surface area is 101 Å². The molecular formula is C13H18O4. The van der Waals surface area contributed by atoms with E-state index >= 15 is 0 Å². The van der Waals surface area contributed by atoms with Gasteiger partial charge in [-0.2, -0.15) is 0 Å². The lowest BCUT2D eigenvalue weighted by molar-refractivity contribution is 0.0696. The Bertz CT molecular complexity index is 398. The van der Waals surface area contributed by atoms with E-state index in [0.29, 0.717) is 17.4 Å². The summed E-state index contributed by atoms with van der Waals surface area (Å²) in [6.07, 6.45) is 0.0413. The average Bonchev–Trinajstić information content (AvgIpc) is 2.28. The monoisotopic (exact) mass is 238 g/mol. The third kappa shape index (κ3) is 3.37. The lowest BCUT2D eigenvalue weighted by Gasteiger charge is -2.19. The third-order valence-electron chi connectivity index (χ3n) is 2.66. The first-order valence-electron chi connectivity index (χ1n) is 5.53. The summed E-state index contributed by atoms with van der Waals surface area (Å²) in [6, 6.07) is 4.60. The van der Waals surface area contributed by atoms with Crippen molar-refractivity contribution in [1.29, 1.82) is 0 Å². The minimum Gasteiger partial charge on any atom is -0.493 e. The van der Waals surface area contributed by atoms with E-state index in [1.54, 1.807) is 6.07 Å². The molecular weight excluding hydrogens is 220 g/mol. The second-order valence-electron chi connectivity index (χ2n) is 4.24. The molecule has 0 spiro atoms. The largest absolute Gasteiger partial charge is 0.493 e. The van der Waals surface area contributed by atoms with Crippen molar-refractivity contribution >= 4 is 5.97 Å². The zero-order chi connectivity index (χ0) is 13.0. The van der Waals surface area contributed by atoms with Gasteiger partial charge in [-0.1, -0.05) is 13.8 Å². The zero-order valence-electron chi connectivity index (χ0n) is 10.6. The van der Waals surface area contributed by atoms with Crippen molar-refractivity contribution in [1.82, 2.24) is 0 Å². The number of benzene rings is 1. The Balaban J connectivity index is 2.96. The SMILES string of the molecule is COc1cc(C(=O)O)ccc1OC(C)C(C)C. The van der Waals surface area contributed by atoms with Crippen LogP contribution in [0.5, 0.6) is 11.5 Å². The van der Waals surface area contributed by atoms with E-state index in [1.807, 2.05) is 6.92 Å². The average molecular weight is 238 g/mol. The topological polar surface area (TPSA) is 55.8 Å². The molecule has 1 aromatic rings. The van der Waals surface area contributed by atoms with Gasteiger partial charge in [0, 0.05) is 0 Å². The van der Waals surface area contributed by atoms with Crippen molar-refractivity contribution in [3.63, 3.8) is 0 Å². The Morgan fingerprint density at radius 1 is 1.24 bits per heavy atom. The van der Waals surface area contributed by atoms with Crippen LogP contribution >= 0.6 is 0 Å². The molecule has 4 nitrogen and oxygen atoms in total. The highest BCUT2D eigenvalue weighted by Gasteiger charge is 2.14. The fraction of sp³-hybridized carbons (Fsp3) is 0.462. The van der Waals surface area contributed by atoms with Gasteiger partial charge in [0.2, 0.25) is 0 Å². The highest BCUT2D eigenvalue weighted by Crippen LogP contribution is 2.29. The van der Waals surface area contributed by atoms with E-state index in [9.17, 15) is 4.79 Å². The van der Waals surface area contributed by atoms with Crippen LogP contribution < -0.4 is 9.47 Å². The quantitative estimate of drug-likeness (QED) is 0.857. The van der Waals surface area contributed by atoms with E-state index in [-0.39, 0.29) is 11.7 Å².